The van der Waals surface area contributed by atoms with Crippen molar-refractivity contribution in [2.24, 2.45) is 10.9 Å². The van der Waals surface area contributed by atoms with Crippen molar-refractivity contribution in [1.29, 1.82) is 0 Å². The minimum absolute atomic E-state index is 0. The molecule has 0 spiro atoms. The van der Waals surface area contributed by atoms with Gasteiger partial charge in [0.25, 0.3) is 5.69 Å². The van der Waals surface area contributed by atoms with Crippen molar-refractivity contribution in [3.63, 3.8) is 0 Å². The van der Waals surface area contributed by atoms with Crippen LogP contribution in [0, 0.1) is 16.0 Å². The molecule has 150 valence electrons. The number of likely N-dealkylation sites (tertiary alicyclic amines) is 1. The van der Waals surface area contributed by atoms with E-state index in [1.807, 2.05) is 23.9 Å². The molecular weight excluding hydrogens is 487 g/mol. The molecule has 0 aromatic heterocycles. The monoisotopic (exact) mass is 512 g/mol. The van der Waals surface area contributed by atoms with Crippen LogP contribution in [0.1, 0.15) is 12.0 Å². The largest absolute Gasteiger partial charge is 0.352 e. The van der Waals surface area contributed by atoms with E-state index in [4.69, 9.17) is 0 Å². The van der Waals surface area contributed by atoms with Gasteiger partial charge in [0.2, 0.25) is 0 Å². The quantitative estimate of drug-likeness (QED) is 0.155. The van der Waals surface area contributed by atoms with Gasteiger partial charge in [0.05, 0.1) is 4.92 Å². The van der Waals surface area contributed by atoms with E-state index in [-0.39, 0.29) is 34.6 Å². The number of hydrogen-bond acceptors (Lipinski definition) is 4. The zero-order chi connectivity index (χ0) is 19.1. The molecular formula is C20H25IN4O2S. The molecule has 0 amide bonds. The Kier molecular flexibility index (Phi) is 9.04. The third-order valence-corrected chi connectivity index (χ3v) is 5.84. The molecule has 0 saturated carbocycles. The Morgan fingerprint density at radius 3 is 2.79 bits per heavy atom. The van der Waals surface area contributed by atoms with E-state index >= 15 is 0 Å². The van der Waals surface area contributed by atoms with Crippen molar-refractivity contribution in [1.82, 2.24) is 10.2 Å². The Labute approximate surface area is 187 Å². The van der Waals surface area contributed by atoms with E-state index < -0.39 is 0 Å². The summed E-state index contributed by atoms with van der Waals surface area (Å²) in [7, 11) is 1.78. The zero-order valence-electron chi connectivity index (χ0n) is 15.8. The van der Waals surface area contributed by atoms with Crippen LogP contribution < -0.4 is 5.32 Å². The molecule has 1 unspecified atom stereocenters. The summed E-state index contributed by atoms with van der Waals surface area (Å²) in [5.74, 6) is 2.59. The van der Waals surface area contributed by atoms with Crippen LogP contribution in [0.25, 0.3) is 0 Å². The first-order chi connectivity index (χ1) is 13.2. The molecule has 1 aliphatic heterocycles. The minimum Gasteiger partial charge on any atom is -0.352 e. The van der Waals surface area contributed by atoms with Crippen LogP contribution in [0.4, 0.5) is 5.69 Å². The van der Waals surface area contributed by atoms with Gasteiger partial charge in [-0.3, -0.25) is 15.1 Å². The second kappa shape index (κ2) is 11.3. The number of rotatable bonds is 6. The lowest BCUT2D eigenvalue weighted by Gasteiger charge is -2.21. The topological polar surface area (TPSA) is 70.8 Å². The number of benzene rings is 2. The number of hydrogen-bond donors (Lipinski definition) is 1. The summed E-state index contributed by atoms with van der Waals surface area (Å²) in [6.45, 7) is 2.48. The fraction of sp³-hybridized carbons (Fsp3) is 0.350. The molecule has 28 heavy (non-hydrogen) atoms. The van der Waals surface area contributed by atoms with Crippen LogP contribution in [0.2, 0.25) is 0 Å². The molecule has 1 saturated heterocycles. The first-order valence-electron chi connectivity index (χ1n) is 9.02. The SMILES string of the molecule is CN=C(NCc1cccc([N+](=O)[O-])c1)N1CCC(CSc2ccccc2)C1.I. The summed E-state index contributed by atoms with van der Waals surface area (Å²) < 4.78 is 0. The Morgan fingerprint density at radius 2 is 2.07 bits per heavy atom. The number of nitrogens with one attached hydrogen (secondary N) is 1. The number of halogens is 1. The molecule has 1 N–H and O–H groups in total. The third-order valence-electron chi connectivity index (χ3n) is 4.60. The fourth-order valence-electron chi connectivity index (χ4n) is 3.19. The van der Waals surface area contributed by atoms with E-state index in [2.05, 4.69) is 39.5 Å². The number of guanidine groups is 1. The molecule has 1 heterocycles. The molecule has 0 aliphatic carbocycles. The average Bonchev–Trinajstić information content (AvgIpc) is 3.17. The number of aliphatic imine (C=N–C) groups is 1. The first-order valence-corrected chi connectivity index (χ1v) is 10.0. The smallest absolute Gasteiger partial charge is 0.269 e. The van der Waals surface area contributed by atoms with Crippen LogP contribution in [0.5, 0.6) is 0 Å². The lowest BCUT2D eigenvalue weighted by atomic mass is 10.2. The van der Waals surface area contributed by atoms with Crippen molar-refractivity contribution >= 4 is 47.4 Å². The summed E-state index contributed by atoms with van der Waals surface area (Å²) in [6, 6.07) is 17.2. The highest BCUT2D eigenvalue weighted by Crippen LogP contribution is 2.26. The highest BCUT2D eigenvalue weighted by atomic mass is 127. The highest BCUT2D eigenvalue weighted by Gasteiger charge is 2.24. The minimum atomic E-state index is -0.367. The van der Waals surface area contributed by atoms with Crippen LogP contribution >= 0.6 is 35.7 Å². The van der Waals surface area contributed by atoms with Crippen molar-refractivity contribution in [3.8, 4) is 0 Å². The third kappa shape index (κ3) is 6.37. The Balaban J connectivity index is 0.00000280. The normalized spacial score (nSPS) is 16.5. The molecule has 0 radical (unpaired) electrons. The second-order valence-corrected chi connectivity index (χ2v) is 7.65. The average molecular weight is 512 g/mol. The van der Waals surface area contributed by atoms with Crippen molar-refractivity contribution in [2.75, 3.05) is 25.9 Å². The maximum Gasteiger partial charge on any atom is 0.269 e. The van der Waals surface area contributed by atoms with Gasteiger partial charge in [-0.05, 0) is 30.0 Å². The van der Waals surface area contributed by atoms with E-state index in [9.17, 15) is 10.1 Å². The van der Waals surface area contributed by atoms with E-state index in [0.717, 1.165) is 36.8 Å². The molecule has 1 fully saturated rings. The van der Waals surface area contributed by atoms with Gasteiger partial charge in [-0.2, -0.15) is 0 Å². The summed E-state index contributed by atoms with van der Waals surface area (Å²) in [5, 5.41) is 14.2. The van der Waals surface area contributed by atoms with Gasteiger partial charge in [0, 0.05) is 49.5 Å². The number of thioether (sulfide) groups is 1. The number of non-ortho nitro benzene ring substituents is 1. The van der Waals surface area contributed by atoms with Crippen LogP contribution in [-0.2, 0) is 6.54 Å². The van der Waals surface area contributed by atoms with Crippen LogP contribution in [0.15, 0.2) is 64.5 Å². The number of nitrogens with zero attached hydrogens (tertiary/aromatic N) is 3. The van der Waals surface area contributed by atoms with Gasteiger partial charge >= 0.3 is 0 Å². The molecule has 0 bridgehead atoms. The van der Waals surface area contributed by atoms with Gasteiger partial charge in [-0.15, -0.1) is 35.7 Å². The standard InChI is InChI=1S/C20H24N4O2S.HI/c1-21-20(22-13-16-6-5-7-18(12-16)24(25)26)23-11-10-17(14-23)15-27-19-8-3-2-4-9-19;/h2-9,12,17H,10-11,13-15H2,1H3,(H,21,22);1H. The van der Waals surface area contributed by atoms with Gasteiger partial charge in [0.15, 0.2) is 5.96 Å². The van der Waals surface area contributed by atoms with Gasteiger partial charge in [-0.1, -0.05) is 30.3 Å². The Morgan fingerprint density at radius 1 is 1.29 bits per heavy atom. The van der Waals surface area contributed by atoms with Crippen molar-refractivity contribution < 1.29 is 4.92 Å². The zero-order valence-corrected chi connectivity index (χ0v) is 18.9. The summed E-state index contributed by atoms with van der Waals surface area (Å²) >= 11 is 1.90. The number of nitro groups is 1. The maximum atomic E-state index is 10.9. The lowest BCUT2D eigenvalue weighted by molar-refractivity contribution is -0.384. The maximum absolute atomic E-state index is 10.9. The lowest BCUT2D eigenvalue weighted by Crippen LogP contribution is -2.39. The summed E-state index contributed by atoms with van der Waals surface area (Å²) in [6.07, 6.45) is 1.15. The van der Waals surface area contributed by atoms with Gasteiger partial charge in [-0.25, -0.2) is 0 Å². The molecule has 1 atom stereocenters. The predicted molar refractivity (Wildman–Crippen MR) is 126 cm³/mol. The second-order valence-electron chi connectivity index (χ2n) is 6.55. The highest BCUT2D eigenvalue weighted by molar-refractivity contribution is 14.0. The fourth-order valence-corrected chi connectivity index (χ4v) is 4.24. The molecule has 1 aliphatic rings. The Hall–Kier alpha value is -1.81. The number of nitro benzene ring substituents is 1. The molecule has 3 rings (SSSR count). The van der Waals surface area contributed by atoms with E-state index in [0.29, 0.717) is 12.5 Å². The van der Waals surface area contributed by atoms with Gasteiger partial charge < -0.3 is 10.2 Å². The van der Waals surface area contributed by atoms with E-state index in [1.54, 1.807) is 19.2 Å². The molecule has 2 aromatic rings. The predicted octanol–water partition coefficient (Wildman–Crippen LogP) is 4.40. The molecule has 6 nitrogen and oxygen atoms in total. The molecule has 8 heteroatoms. The van der Waals surface area contributed by atoms with Gasteiger partial charge in [0.1, 0.15) is 0 Å². The first kappa shape index (κ1) is 22.5. The van der Waals surface area contributed by atoms with Crippen LogP contribution in [-0.4, -0.2) is 41.7 Å². The molecule has 2 aromatic carbocycles. The summed E-state index contributed by atoms with van der Waals surface area (Å²) in [4.78, 5) is 18.5. The Bertz CT molecular complexity index is 804. The van der Waals surface area contributed by atoms with E-state index in [1.165, 1.54) is 11.0 Å². The van der Waals surface area contributed by atoms with Crippen molar-refractivity contribution in [3.05, 3.63) is 70.3 Å². The summed E-state index contributed by atoms with van der Waals surface area (Å²) in [5.41, 5.74) is 0.990. The van der Waals surface area contributed by atoms with Crippen LogP contribution in [0.3, 0.4) is 0 Å². The van der Waals surface area contributed by atoms with Crippen molar-refractivity contribution in [2.45, 2.75) is 17.9 Å².